The normalized spacial score (nSPS) is 11.5. The molecule has 0 spiro atoms. The lowest BCUT2D eigenvalue weighted by molar-refractivity contribution is -0.111. The van der Waals surface area contributed by atoms with Crippen LogP contribution in [0.15, 0.2) is 65.4 Å². The topological polar surface area (TPSA) is 73.6 Å². The summed E-state index contributed by atoms with van der Waals surface area (Å²) in [5, 5.41) is 3.80. The standard InChI is InChI=1S/C28H28N2O4/c1-6-33-21-11-9-20(10-12-21)24-16-34-27-19(4)26(32-5)22(15-23(24)27)18(3)14-25(31)30-28-17(2)8-7-13-29-28/h7-16H,6H2,1-5H3,(H,29,30,31)/b18-14+. The zero-order chi connectivity index (χ0) is 24.2. The number of methoxy groups -OCH3 is 1. The third-order valence-electron chi connectivity index (χ3n) is 5.75. The van der Waals surface area contributed by atoms with Crippen LogP contribution < -0.4 is 14.8 Å². The molecule has 0 saturated heterocycles. The van der Waals surface area contributed by atoms with Crippen LogP contribution in [0.25, 0.3) is 27.7 Å². The Morgan fingerprint density at radius 1 is 1.18 bits per heavy atom. The van der Waals surface area contributed by atoms with Crippen molar-refractivity contribution in [2.24, 2.45) is 0 Å². The number of nitrogens with zero attached hydrogens (tertiary/aromatic N) is 1. The first-order chi connectivity index (χ1) is 16.4. The third kappa shape index (κ3) is 4.53. The van der Waals surface area contributed by atoms with Gasteiger partial charge < -0.3 is 19.2 Å². The molecular weight excluding hydrogens is 428 g/mol. The van der Waals surface area contributed by atoms with E-state index in [-0.39, 0.29) is 5.91 Å². The van der Waals surface area contributed by atoms with Crippen molar-refractivity contribution in [3.05, 3.63) is 77.7 Å². The fourth-order valence-corrected chi connectivity index (χ4v) is 4.04. The lowest BCUT2D eigenvalue weighted by atomic mass is 9.96. The number of carbonyl (C=O) groups is 1. The first-order valence-electron chi connectivity index (χ1n) is 11.2. The number of fused-ring (bicyclic) bond motifs is 1. The summed E-state index contributed by atoms with van der Waals surface area (Å²) in [6.07, 6.45) is 4.97. The summed E-state index contributed by atoms with van der Waals surface area (Å²) in [4.78, 5) is 17.0. The van der Waals surface area contributed by atoms with Gasteiger partial charge in [0.2, 0.25) is 5.91 Å². The van der Waals surface area contributed by atoms with Crippen LogP contribution in [0, 0.1) is 13.8 Å². The first-order valence-corrected chi connectivity index (χ1v) is 11.2. The second-order valence-electron chi connectivity index (χ2n) is 8.05. The molecule has 6 nitrogen and oxygen atoms in total. The second kappa shape index (κ2) is 9.83. The van der Waals surface area contributed by atoms with Gasteiger partial charge in [-0.3, -0.25) is 4.79 Å². The van der Waals surface area contributed by atoms with E-state index in [2.05, 4.69) is 10.3 Å². The number of hydrogen-bond donors (Lipinski definition) is 1. The third-order valence-corrected chi connectivity index (χ3v) is 5.75. The summed E-state index contributed by atoms with van der Waals surface area (Å²) in [6.45, 7) is 8.34. The van der Waals surface area contributed by atoms with Crippen molar-refractivity contribution >= 4 is 28.3 Å². The zero-order valence-corrected chi connectivity index (χ0v) is 20.1. The number of furan rings is 1. The van der Waals surface area contributed by atoms with Crippen LogP contribution in [0.1, 0.15) is 30.5 Å². The van der Waals surface area contributed by atoms with E-state index in [4.69, 9.17) is 13.9 Å². The summed E-state index contributed by atoms with van der Waals surface area (Å²) in [5.74, 6) is 1.79. The molecule has 2 aromatic heterocycles. The summed E-state index contributed by atoms with van der Waals surface area (Å²) >= 11 is 0. The molecule has 0 saturated carbocycles. The quantitative estimate of drug-likeness (QED) is 0.319. The molecule has 174 valence electrons. The highest BCUT2D eigenvalue weighted by Gasteiger charge is 2.19. The number of nitrogens with one attached hydrogen (secondary N) is 1. The molecule has 6 heteroatoms. The Morgan fingerprint density at radius 2 is 1.94 bits per heavy atom. The number of carbonyl (C=O) groups excluding carboxylic acids is 1. The highest BCUT2D eigenvalue weighted by molar-refractivity contribution is 6.05. The van der Waals surface area contributed by atoms with Crippen LogP contribution in [0.4, 0.5) is 5.82 Å². The fraction of sp³-hybridized carbons (Fsp3) is 0.214. The van der Waals surface area contributed by atoms with Gasteiger partial charge in [-0.1, -0.05) is 18.2 Å². The predicted molar refractivity (Wildman–Crippen MR) is 135 cm³/mol. The zero-order valence-electron chi connectivity index (χ0n) is 20.1. The molecule has 1 amide bonds. The van der Waals surface area contributed by atoms with Gasteiger partial charge in [0, 0.05) is 34.3 Å². The number of pyridine rings is 1. The van der Waals surface area contributed by atoms with Gasteiger partial charge in [0.05, 0.1) is 20.0 Å². The van der Waals surface area contributed by atoms with Crippen LogP contribution in [-0.4, -0.2) is 24.6 Å². The van der Waals surface area contributed by atoms with Gasteiger partial charge in [-0.05, 0) is 68.7 Å². The van der Waals surface area contributed by atoms with Crippen molar-refractivity contribution < 1.29 is 18.7 Å². The maximum atomic E-state index is 12.7. The minimum atomic E-state index is -0.252. The molecule has 0 aliphatic carbocycles. The lowest BCUT2D eigenvalue weighted by Crippen LogP contribution is -2.11. The number of allylic oxidation sites excluding steroid dienone is 1. The molecule has 0 radical (unpaired) electrons. The van der Waals surface area contributed by atoms with E-state index in [9.17, 15) is 4.79 Å². The SMILES string of the molecule is CCOc1ccc(-c2coc3c(C)c(OC)c(/C(C)=C/C(=O)Nc4ncccc4C)cc23)cc1. The molecule has 34 heavy (non-hydrogen) atoms. The van der Waals surface area contributed by atoms with Crippen molar-refractivity contribution in [1.82, 2.24) is 4.98 Å². The van der Waals surface area contributed by atoms with Gasteiger partial charge in [-0.25, -0.2) is 4.98 Å². The first kappa shape index (κ1) is 23.1. The van der Waals surface area contributed by atoms with E-state index in [1.165, 1.54) is 0 Å². The molecule has 4 rings (SSSR count). The molecule has 4 aromatic rings. The van der Waals surface area contributed by atoms with Gasteiger partial charge >= 0.3 is 0 Å². The smallest absolute Gasteiger partial charge is 0.249 e. The van der Waals surface area contributed by atoms with Crippen LogP contribution in [0.5, 0.6) is 11.5 Å². The summed E-state index contributed by atoms with van der Waals surface area (Å²) in [6, 6.07) is 13.7. The maximum absolute atomic E-state index is 12.7. The number of aryl methyl sites for hydroxylation is 2. The Kier molecular flexibility index (Phi) is 6.68. The van der Waals surface area contributed by atoms with E-state index < -0.39 is 0 Å². The minimum absolute atomic E-state index is 0.252. The Hall–Kier alpha value is -4.06. The number of anilines is 1. The van der Waals surface area contributed by atoms with Crippen LogP contribution in [0.3, 0.4) is 0 Å². The molecule has 0 aliphatic heterocycles. The number of hydrogen-bond acceptors (Lipinski definition) is 5. The molecule has 2 aromatic carbocycles. The maximum Gasteiger partial charge on any atom is 0.249 e. The van der Waals surface area contributed by atoms with Crippen molar-refractivity contribution in [3.63, 3.8) is 0 Å². The Morgan fingerprint density at radius 3 is 2.62 bits per heavy atom. The van der Waals surface area contributed by atoms with E-state index in [1.807, 2.05) is 70.2 Å². The Labute approximate surface area is 199 Å². The van der Waals surface area contributed by atoms with E-state index in [0.29, 0.717) is 18.2 Å². The summed E-state index contributed by atoms with van der Waals surface area (Å²) in [7, 11) is 1.62. The monoisotopic (exact) mass is 456 g/mol. The van der Waals surface area contributed by atoms with Gasteiger partial charge in [0.15, 0.2) is 0 Å². The highest BCUT2D eigenvalue weighted by atomic mass is 16.5. The van der Waals surface area contributed by atoms with Crippen molar-refractivity contribution in [3.8, 4) is 22.6 Å². The Bertz CT molecular complexity index is 1370. The van der Waals surface area contributed by atoms with Gasteiger partial charge in [-0.15, -0.1) is 0 Å². The van der Waals surface area contributed by atoms with Crippen LogP contribution >= 0.6 is 0 Å². The number of ether oxygens (including phenoxy) is 2. The number of aromatic nitrogens is 1. The van der Waals surface area contributed by atoms with Gasteiger partial charge in [0.25, 0.3) is 0 Å². The number of rotatable bonds is 7. The molecule has 2 heterocycles. The van der Waals surface area contributed by atoms with Gasteiger partial charge in [-0.2, -0.15) is 0 Å². The molecule has 0 aliphatic rings. The molecular formula is C28H28N2O4. The average molecular weight is 457 g/mol. The second-order valence-corrected chi connectivity index (χ2v) is 8.05. The van der Waals surface area contributed by atoms with Crippen molar-refractivity contribution in [2.45, 2.75) is 27.7 Å². The predicted octanol–water partition coefficient (Wildman–Crippen LogP) is 6.56. The summed E-state index contributed by atoms with van der Waals surface area (Å²) < 4.78 is 17.2. The Balaban J connectivity index is 1.74. The fourth-order valence-electron chi connectivity index (χ4n) is 4.04. The molecule has 0 bridgehead atoms. The lowest BCUT2D eigenvalue weighted by Gasteiger charge is -2.13. The molecule has 1 N–H and O–H groups in total. The summed E-state index contributed by atoms with van der Waals surface area (Å²) in [5.41, 5.74) is 6.11. The highest BCUT2D eigenvalue weighted by Crippen LogP contribution is 2.40. The molecule has 0 fully saturated rings. The molecule has 0 atom stereocenters. The minimum Gasteiger partial charge on any atom is -0.496 e. The van der Waals surface area contributed by atoms with Crippen LogP contribution in [-0.2, 0) is 4.79 Å². The number of benzene rings is 2. The van der Waals surface area contributed by atoms with Crippen molar-refractivity contribution in [1.29, 1.82) is 0 Å². The van der Waals surface area contributed by atoms with E-state index in [1.54, 1.807) is 25.6 Å². The van der Waals surface area contributed by atoms with Crippen LogP contribution in [0.2, 0.25) is 0 Å². The van der Waals surface area contributed by atoms with E-state index >= 15 is 0 Å². The largest absolute Gasteiger partial charge is 0.496 e. The van der Waals surface area contributed by atoms with E-state index in [0.717, 1.165) is 50.1 Å². The number of amides is 1. The van der Waals surface area contributed by atoms with Crippen molar-refractivity contribution in [2.75, 3.05) is 19.0 Å². The molecule has 0 unspecified atom stereocenters. The average Bonchev–Trinajstić information content (AvgIpc) is 3.25. The van der Waals surface area contributed by atoms with Gasteiger partial charge in [0.1, 0.15) is 22.9 Å².